The lowest BCUT2D eigenvalue weighted by molar-refractivity contribution is -0.137. The summed E-state index contributed by atoms with van der Waals surface area (Å²) in [4.78, 5) is 64.3. The van der Waals surface area contributed by atoms with E-state index in [9.17, 15) is 24.0 Å². The van der Waals surface area contributed by atoms with Crippen LogP contribution < -0.4 is 16.0 Å². The summed E-state index contributed by atoms with van der Waals surface area (Å²) in [6.07, 6.45) is 5.24. The van der Waals surface area contributed by atoms with Gasteiger partial charge in [0.1, 0.15) is 12.1 Å². The molecule has 1 saturated carbocycles. The molecule has 3 aliphatic rings. The lowest BCUT2D eigenvalue weighted by Crippen LogP contribution is -2.52. The SMILES string of the molecule is O=C1CCC(N2Cc3cc(CNC(=O)C(NC(=O)CC4CCCC4)c4ccc(Cl)cc4)ccc3C2=O)C(=O)N1. The molecule has 2 aromatic rings. The van der Waals surface area contributed by atoms with Gasteiger partial charge in [0.05, 0.1) is 0 Å². The highest BCUT2D eigenvalue weighted by atomic mass is 35.5. The maximum atomic E-state index is 13.3. The molecule has 9 nitrogen and oxygen atoms in total. The largest absolute Gasteiger partial charge is 0.350 e. The van der Waals surface area contributed by atoms with Crippen molar-refractivity contribution in [3.05, 3.63) is 69.7 Å². The third kappa shape index (κ3) is 6.14. The number of hydrogen-bond donors (Lipinski definition) is 3. The van der Waals surface area contributed by atoms with Crippen LogP contribution in [0.25, 0.3) is 0 Å². The first-order valence-electron chi connectivity index (χ1n) is 13.4. The predicted octanol–water partition coefficient (Wildman–Crippen LogP) is 3.16. The number of piperidine rings is 1. The first kappa shape index (κ1) is 26.9. The highest BCUT2D eigenvalue weighted by Gasteiger charge is 2.39. The van der Waals surface area contributed by atoms with Crippen molar-refractivity contribution >= 4 is 41.1 Å². The number of nitrogens with zero attached hydrogens (tertiary/aromatic N) is 1. The normalized spacial score (nSPS) is 20.0. The average molecular weight is 551 g/mol. The van der Waals surface area contributed by atoms with Gasteiger partial charge in [0.25, 0.3) is 5.91 Å². The molecule has 0 aromatic heterocycles. The van der Waals surface area contributed by atoms with Crippen LogP contribution in [0, 0.1) is 5.92 Å². The minimum atomic E-state index is -0.866. The monoisotopic (exact) mass is 550 g/mol. The van der Waals surface area contributed by atoms with Gasteiger partial charge in [-0.1, -0.05) is 48.7 Å². The van der Waals surface area contributed by atoms with Gasteiger partial charge in [-0.05, 0) is 60.1 Å². The Bertz CT molecular complexity index is 1310. The van der Waals surface area contributed by atoms with Crippen LogP contribution in [0.4, 0.5) is 0 Å². The van der Waals surface area contributed by atoms with Crippen molar-refractivity contribution in [3.8, 4) is 0 Å². The second-order valence-electron chi connectivity index (χ2n) is 10.5. The molecular formula is C29H31ClN4O5. The molecule has 0 bridgehead atoms. The Balaban J connectivity index is 1.24. The van der Waals surface area contributed by atoms with Crippen molar-refractivity contribution in [1.82, 2.24) is 20.9 Å². The van der Waals surface area contributed by atoms with Crippen LogP contribution in [0.2, 0.25) is 5.02 Å². The molecule has 2 heterocycles. The second-order valence-corrected chi connectivity index (χ2v) is 11.0. The number of imide groups is 1. The smallest absolute Gasteiger partial charge is 0.255 e. The Hall–Kier alpha value is -3.72. The second kappa shape index (κ2) is 11.6. The number of hydrogen-bond acceptors (Lipinski definition) is 5. The van der Waals surface area contributed by atoms with Crippen LogP contribution in [-0.4, -0.2) is 40.5 Å². The fraction of sp³-hybridized carbons (Fsp3) is 0.414. The minimum absolute atomic E-state index is 0.151. The first-order valence-corrected chi connectivity index (χ1v) is 13.8. The summed E-state index contributed by atoms with van der Waals surface area (Å²) >= 11 is 6.03. The van der Waals surface area contributed by atoms with Crippen LogP contribution in [0.1, 0.15) is 78.0 Å². The van der Waals surface area contributed by atoms with Gasteiger partial charge in [-0.15, -0.1) is 0 Å². The van der Waals surface area contributed by atoms with E-state index in [-0.39, 0.29) is 43.1 Å². The fourth-order valence-corrected chi connectivity index (χ4v) is 5.81. The first-order chi connectivity index (χ1) is 18.8. The summed E-state index contributed by atoms with van der Waals surface area (Å²) in [6, 6.07) is 10.6. The molecular weight excluding hydrogens is 520 g/mol. The Kier molecular flexibility index (Phi) is 7.97. The highest BCUT2D eigenvalue weighted by Crippen LogP contribution is 2.29. The number of fused-ring (bicyclic) bond motifs is 1. The van der Waals surface area contributed by atoms with Crippen molar-refractivity contribution in [2.45, 2.75) is 70.1 Å². The molecule has 2 unspecified atom stereocenters. The number of rotatable bonds is 8. The third-order valence-corrected chi connectivity index (χ3v) is 8.03. The van der Waals surface area contributed by atoms with E-state index in [0.29, 0.717) is 34.9 Å². The van der Waals surface area contributed by atoms with E-state index in [1.165, 1.54) is 4.90 Å². The van der Waals surface area contributed by atoms with Gasteiger partial charge < -0.3 is 15.5 Å². The zero-order valence-corrected chi connectivity index (χ0v) is 22.3. The molecule has 5 rings (SSSR count). The third-order valence-electron chi connectivity index (χ3n) is 7.77. The van der Waals surface area contributed by atoms with E-state index in [4.69, 9.17) is 11.6 Å². The number of carbonyl (C=O) groups excluding carboxylic acids is 5. The number of amides is 5. The van der Waals surface area contributed by atoms with Crippen molar-refractivity contribution in [2.75, 3.05) is 0 Å². The zero-order chi connectivity index (χ0) is 27.5. The van der Waals surface area contributed by atoms with Crippen LogP contribution >= 0.6 is 11.6 Å². The van der Waals surface area contributed by atoms with E-state index in [2.05, 4.69) is 16.0 Å². The van der Waals surface area contributed by atoms with Gasteiger partial charge in [0.15, 0.2) is 0 Å². The number of carbonyl (C=O) groups is 5. The van der Waals surface area contributed by atoms with E-state index in [1.54, 1.807) is 36.4 Å². The van der Waals surface area contributed by atoms with Crippen molar-refractivity contribution in [1.29, 1.82) is 0 Å². The molecule has 204 valence electrons. The van der Waals surface area contributed by atoms with Gasteiger partial charge in [-0.25, -0.2) is 0 Å². The van der Waals surface area contributed by atoms with Crippen molar-refractivity contribution in [2.24, 2.45) is 5.92 Å². The van der Waals surface area contributed by atoms with Crippen LogP contribution in [-0.2, 0) is 32.3 Å². The van der Waals surface area contributed by atoms with Crippen LogP contribution in [0.3, 0.4) is 0 Å². The lowest BCUT2D eigenvalue weighted by Gasteiger charge is -2.29. The predicted molar refractivity (Wildman–Crippen MR) is 143 cm³/mol. The zero-order valence-electron chi connectivity index (χ0n) is 21.5. The standard InChI is InChI=1S/C29H31ClN4O5/c30-21-8-6-19(7-9-21)26(32-25(36)14-17-3-1-2-4-17)28(38)31-15-18-5-10-22-20(13-18)16-34(29(22)39)23-11-12-24(35)33-27(23)37/h5-10,13,17,23,26H,1-4,11-12,14-16H2,(H,31,38)(H,32,36)(H,33,35,37). The van der Waals surface area contributed by atoms with Gasteiger partial charge in [-0.3, -0.25) is 29.3 Å². The Morgan fingerprint density at radius 1 is 1.03 bits per heavy atom. The molecule has 1 aliphatic carbocycles. The summed E-state index contributed by atoms with van der Waals surface area (Å²) in [5.41, 5.74) is 2.69. The summed E-state index contributed by atoms with van der Waals surface area (Å²) in [5.74, 6) is -1.18. The molecule has 0 radical (unpaired) electrons. The van der Waals surface area contributed by atoms with Gasteiger partial charge in [-0.2, -0.15) is 0 Å². The molecule has 2 atom stereocenters. The van der Waals surface area contributed by atoms with Crippen LogP contribution in [0.5, 0.6) is 0 Å². The summed E-state index contributed by atoms with van der Waals surface area (Å²) < 4.78 is 0. The van der Waals surface area contributed by atoms with E-state index >= 15 is 0 Å². The Labute approximate surface area is 231 Å². The van der Waals surface area contributed by atoms with E-state index < -0.39 is 18.0 Å². The Morgan fingerprint density at radius 3 is 2.49 bits per heavy atom. The van der Waals surface area contributed by atoms with Crippen molar-refractivity contribution in [3.63, 3.8) is 0 Å². The number of benzene rings is 2. The van der Waals surface area contributed by atoms with Crippen LogP contribution in [0.15, 0.2) is 42.5 Å². The molecule has 2 fully saturated rings. The molecule has 0 spiro atoms. The summed E-state index contributed by atoms with van der Waals surface area (Å²) in [6.45, 7) is 0.453. The van der Waals surface area contributed by atoms with Gasteiger partial charge in [0, 0.05) is 36.5 Å². The number of nitrogens with one attached hydrogen (secondary N) is 3. The molecule has 39 heavy (non-hydrogen) atoms. The quantitative estimate of drug-likeness (QED) is 0.435. The van der Waals surface area contributed by atoms with E-state index in [1.807, 2.05) is 6.07 Å². The average Bonchev–Trinajstić information content (AvgIpc) is 3.54. The highest BCUT2D eigenvalue weighted by molar-refractivity contribution is 6.30. The fourth-order valence-electron chi connectivity index (χ4n) is 5.68. The maximum absolute atomic E-state index is 13.3. The molecule has 1 saturated heterocycles. The van der Waals surface area contributed by atoms with Gasteiger partial charge >= 0.3 is 0 Å². The minimum Gasteiger partial charge on any atom is -0.350 e. The lowest BCUT2D eigenvalue weighted by atomic mass is 10.0. The van der Waals surface area contributed by atoms with Crippen molar-refractivity contribution < 1.29 is 24.0 Å². The topological polar surface area (TPSA) is 125 Å². The molecule has 2 aliphatic heterocycles. The van der Waals surface area contributed by atoms with E-state index in [0.717, 1.165) is 36.8 Å². The number of halogens is 1. The van der Waals surface area contributed by atoms with Gasteiger partial charge in [0.2, 0.25) is 23.6 Å². The molecule has 10 heteroatoms. The molecule has 5 amide bonds. The maximum Gasteiger partial charge on any atom is 0.255 e. The summed E-state index contributed by atoms with van der Waals surface area (Å²) in [7, 11) is 0. The molecule has 2 aromatic carbocycles. The Morgan fingerprint density at radius 2 is 1.77 bits per heavy atom. The molecule has 3 N–H and O–H groups in total. The summed E-state index contributed by atoms with van der Waals surface area (Å²) in [5, 5.41) is 8.66.